The van der Waals surface area contributed by atoms with Gasteiger partial charge in [0.15, 0.2) is 0 Å². The van der Waals surface area contributed by atoms with Crippen LogP contribution in [0.5, 0.6) is 0 Å². The average Bonchev–Trinajstić information content (AvgIpc) is 2.67. The number of sulfonamides is 1. The number of rotatable bonds is 3. The molecule has 7 nitrogen and oxygen atoms in total. The van der Waals surface area contributed by atoms with Crippen LogP contribution in [0, 0.1) is 12.8 Å². The molecule has 2 amide bonds. The monoisotopic (exact) mass is 437 g/mol. The average molecular weight is 438 g/mol. The lowest BCUT2D eigenvalue weighted by Gasteiger charge is -2.13. The third-order valence-corrected chi connectivity index (χ3v) is 5.99. The van der Waals surface area contributed by atoms with Crippen LogP contribution in [0.15, 0.2) is 45.8 Å². The zero-order valence-corrected chi connectivity index (χ0v) is 16.4. The summed E-state index contributed by atoms with van der Waals surface area (Å²) >= 11 is 3.33. The van der Waals surface area contributed by atoms with Gasteiger partial charge in [-0.05, 0) is 65.7 Å². The van der Waals surface area contributed by atoms with Crippen molar-refractivity contribution in [1.29, 1.82) is 0 Å². The molecule has 0 saturated carbocycles. The predicted octanol–water partition coefficient (Wildman–Crippen LogP) is 3.09. The molecule has 9 heteroatoms. The molecule has 1 heterocycles. The van der Waals surface area contributed by atoms with Crippen molar-refractivity contribution in [1.82, 2.24) is 0 Å². The summed E-state index contributed by atoms with van der Waals surface area (Å²) in [6.07, 6.45) is 0. The van der Waals surface area contributed by atoms with E-state index in [2.05, 4.69) is 31.3 Å². The van der Waals surface area contributed by atoms with Crippen molar-refractivity contribution in [2.75, 3.05) is 15.4 Å². The van der Waals surface area contributed by atoms with Crippen molar-refractivity contribution in [3.63, 3.8) is 0 Å². The molecule has 3 N–H and O–H groups in total. The molecule has 2 aromatic rings. The van der Waals surface area contributed by atoms with Gasteiger partial charge in [0.1, 0.15) is 5.92 Å². The largest absolute Gasteiger partial charge is 0.324 e. The van der Waals surface area contributed by atoms with E-state index in [0.29, 0.717) is 15.8 Å². The van der Waals surface area contributed by atoms with Crippen molar-refractivity contribution in [3.05, 3.63) is 46.4 Å². The maximum Gasteiger partial charge on any atom is 0.262 e. The first-order valence-electron chi connectivity index (χ1n) is 7.72. The van der Waals surface area contributed by atoms with Crippen LogP contribution < -0.4 is 15.4 Å². The van der Waals surface area contributed by atoms with Gasteiger partial charge in [0, 0.05) is 4.47 Å². The summed E-state index contributed by atoms with van der Waals surface area (Å²) in [5, 5.41) is 5.18. The molecule has 0 unspecified atom stereocenters. The van der Waals surface area contributed by atoms with Crippen LogP contribution in [0.2, 0.25) is 0 Å². The van der Waals surface area contributed by atoms with E-state index in [1.165, 1.54) is 25.1 Å². The van der Waals surface area contributed by atoms with Crippen LogP contribution in [-0.2, 0) is 19.6 Å². The molecule has 1 aliphatic rings. The van der Waals surface area contributed by atoms with Crippen molar-refractivity contribution in [2.45, 2.75) is 18.7 Å². The number of anilines is 3. The Balaban J connectivity index is 1.96. The minimum Gasteiger partial charge on any atom is -0.324 e. The minimum atomic E-state index is -3.88. The van der Waals surface area contributed by atoms with Crippen LogP contribution in [0.3, 0.4) is 0 Å². The fourth-order valence-electron chi connectivity index (χ4n) is 2.41. The summed E-state index contributed by atoms with van der Waals surface area (Å²) in [6, 6.07) is 9.37. The molecule has 1 aliphatic heterocycles. The normalized spacial score (nSPS) is 17.0. The van der Waals surface area contributed by atoms with Crippen LogP contribution in [0.1, 0.15) is 12.5 Å². The first kappa shape index (κ1) is 18.4. The number of fused-ring (bicyclic) bond motifs is 1. The number of amides is 2. The molecule has 0 fully saturated rings. The van der Waals surface area contributed by atoms with E-state index < -0.39 is 27.8 Å². The van der Waals surface area contributed by atoms with E-state index in [0.717, 1.165) is 5.56 Å². The number of aryl methyl sites for hydroxylation is 1. The van der Waals surface area contributed by atoms with Crippen LogP contribution in [0.4, 0.5) is 17.1 Å². The second-order valence-corrected chi connectivity index (χ2v) is 8.53. The lowest BCUT2D eigenvalue weighted by Crippen LogP contribution is -2.28. The highest BCUT2D eigenvalue weighted by atomic mass is 79.9. The molecule has 0 radical (unpaired) electrons. The van der Waals surface area contributed by atoms with Crippen LogP contribution in [0.25, 0.3) is 0 Å². The topological polar surface area (TPSA) is 104 Å². The summed E-state index contributed by atoms with van der Waals surface area (Å²) in [6.45, 7) is 3.37. The Morgan fingerprint density at radius 2 is 1.65 bits per heavy atom. The minimum absolute atomic E-state index is 0.0344. The van der Waals surface area contributed by atoms with Crippen molar-refractivity contribution in [3.8, 4) is 0 Å². The fourth-order valence-corrected chi connectivity index (χ4v) is 4.24. The van der Waals surface area contributed by atoms with Gasteiger partial charge in [-0.3, -0.25) is 14.3 Å². The molecule has 0 aromatic heterocycles. The summed E-state index contributed by atoms with van der Waals surface area (Å²) < 4.78 is 28.5. The molecule has 26 heavy (non-hydrogen) atoms. The zero-order chi connectivity index (χ0) is 19.1. The SMILES string of the molecule is Cc1ccc(NS(=O)(=O)c2ccc3c(c2)NC(=O)[C@@H](C)C(=O)N3)c(Br)c1. The Kier molecular flexibility index (Phi) is 4.76. The molecule has 0 spiro atoms. The second kappa shape index (κ2) is 6.73. The first-order valence-corrected chi connectivity index (χ1v) is 10.00. The molecule has 3 rings (SSSR count). The number of carbonyl (C=O) groups is 2. The maximum atomic E-state index is 12.7. The summed E-state index contributed by atoms with van der Waals surface area (Å²) in [5.41, 5.74) is 1.97. The van der Waals surface area contributed by atoms with Gasteiger partial charge in [-0.1, -0.05) is 6.07 Å². The second-order valence-electron chi connectivity index (χ2n) is 6.00. The van der Waals surface area contributed by atoms with Gasteiger partial charge in [-0.25, -0.2) is 8.42 Å². The van der Waals surface area contributed by atoms with E-state index in [1.54, 1.807) is 18.2 Å². The quantitative estimate of drug-likeness (QED) is 0.641. The Morgan fingerprint density at radius 1 is 1.00 bits per heavy atom. The Hall–Kier alpha value is -2.39. The molecular formula is C17H16BrN3O4S. The van der Waals surface area contributed by atoms with E-state index in [9.17, 15) is 18.0 Å². The molecule has 0 saturated heterocycles. The van der Waals surface area contributed by atoms with Crippen LogP contribution >= 0.6 is 15.9 Å². The molecule has 0 bridgehead atoms. The fraction of sp³-hybridized carbons (Fsp3) is 0.176. The molecule has 2 aromatic carbocycles. The number of halogens is 1. The van der Waals surface area contributed by atoms with Crippen LogP contribution in [-0.4, -0.2) is 20.2 Å². The highest BCUT2D eigenvalue weighted by Gasteiger charge is 2.28. The smallest absolute Gasteiger partial charge is 0.262 e. The highest BCUT2D eigenvalue weighted by Crippen LogP contribution is 2.31. The number of hydrogen-bond acceptors (Lipinski definition) is 4. The first-order chi connectivity index (χ1) is 12.2. The van der Waals surface area contributed by atoms with Gasteiger partial charge in [-0.15, -0.1) is 0 Å². The number of hydrogen-bond donors (Lipinski definition) is 3. The van der Waals surface area contributed by atoms with Crippen molar-refractivity contribution < 1.29 is 18.0 Å². The Morgan fingerprint density at radius 3 is 2.31 bits per heavy atom. The molecular weight excluding hydrogens is 422 g/mol. The van der Waals surface area contributed by atoms with Gasteiger partial charge in [0.05, 0.1) is 22.0 Å². The Labute approximate surface area is 159 Å². The predicted molar refractivity (Wildman–Crippen MR) is 103 cm³/mol. The molecule has 1 atom stereocenters. The number of benzene rings is 2. The van der Waals surface area contributed by atoms with Gasteiger partial charge >= 0.3 is 0 Å². The lowest BCUT2D eigenvalue weighted by molar-refractivity contribution is -0.128. The maximum absolute atomic E-state index is 12.7. The van der Waals surface area contributed by atoms with Gasteiger partial charge in [0.25, 0.3) is 10.0 Å². The lowest BCUT2D eigenvalue weighted by atomic mass is 10.1. The summed E-state index contributed by atoms with van der Waals surface area (Å²) in [4.78, 5) is 23.8. The molecule has 136 valence electrons. The van der Waals surface area contributed by atoms with Gasteiger partial charge < -0.3 is 10.6 Å². The third-order valence-electron chi connectivity index (χ3n) is 3.97. The summed E-state index contributed by atoms with van der Waals surface area (Å²) in [7, 11) is -3.88. The molecule has 0 aliphatic carbocycles. The highest BCUT2D eigenvalue weighted by molar-refractivity contribution is 9.10. The van der Waals surface area contributed by atoms with E-state index in [1.807, 2.05) is 6.92 Å². The summed E-state index contributed by atoms with van der Waals surface area (Å²) in [5.74, 6) is -1.81. The zero-order valence-electron chi connectivity index (χ0n) is 14.0. The van der Waals surface area contributed by atoms with Gasteiger partial charge in [-0.2, -0.15) is 0 Å². The van der Waals surface area contributed by atoms with Gasteiger partial charge in [0.2, 0.25) is 11.8 Å². The van der Waals surface area contributed by atoms with Crippen molar-refractivity contribution >= 4 is 54.8 Å². The van der Waals surface area contributed by atoms with E-state index in [4.69, 9.17) is 0 Å². The van der Waals surface area contributed by atoms with E-state index in [-0.39, 0.29) is 10.6 Å². The Bertz CT molecular complexity index is 1020. The van der Waals surface area contributed by atoms with Crippen molar-refractivity contribution in [2.24, 2.45) is 5.92 Å². The standard InChI is InChI=1S/C17H16BrN3O4S/c1-9-3-5-13(12(18)7-9)21-26(24,25)11-4-6-14-15(8-11)20-17(23)10(2)16(22)19-14/h3-8,10,21H,1-2H3,(H,19,22)(H,20,23)/t10-/m0/s1. The number of nitrogens with one attached hydrogen (secondary N) is 3. The van der Waals surface area contributed by atoms with E-state index >= 15 is 0 Å². The third kappa shape index (κ3) is 3.58. The number of carbonyl (C=O) groups excluding carboxylic acids is 2.